The molecular formula is C15H23NO3. The van der Waals surface area contributed by atoms with Gasteiger partial charge in [0, 0.05) is 12.6 Å². The predicted molar refractivity (Wildman–Crippen MR) is 75.2 cm³/mol. The van der Waals surface area contributed by atoms with Crippen LogP contribution >= 0.6 is 0 Å². The minimum absolute atomic E-state index is 0.0128. The number of carbonyl (C=O) groups excluding carboxylic acids is 1. The van der Waals surface area contributed by atoms with E-state index in [4.69, 9.17) is 9.84 Å². The van der Waals surface area contributed by atoms with Crippen LogP contribution in [0.2, 0.25) is 0 Å². The molecule has 0 aromatic heterocycles. The highest BCUT2D eigenvalue weighted by Gasteiger charge is 2.10. The van der Waals surface area contributed by atoms with Crippen LogP contribution in [0.1, 0.15) is 32.3 Å². The summed E-state index contributed by atoms with van der Waals surface area (Å²) in [6, 6.07) is 7.67. The third-order valence-electron chi connectivity index (χ3n) is 3.06. The second kappa shape index (κ2) is 8.53. The highest BCUT2D eigenvalue weighted by molar-refractivity contribution is 5.77. The van der Waals surface area contributed by atoms with E-state index in [1.54, 1.807) is 0 Å². The van der Waals surface area contributed by atoms with Crippen molar-refractivity contribution in [3.8, 4) is 5.75 Å². The smallest absolute Gasteiger partial charge is 0.258 e. The number of carbonyl (C=O) groups is 1. The van der Waals surface area contributed by atoms with Crippen molar-refractivity contribution in [3.63, 3.8) is 0 Å². The van der Waals surface area contributed by atoms with Gasteiger partial charge < -0.3 is 15.2 Å². The van der Waals surface area contributed by atoms with Gasteiger partial charge in [0.1, 0.15) is 5.75 Å². The Kier molecular flexibility index (Phi) is 6.97. The zero-order valence-corrected chi connectivity index (χ0v) is 11.7. The maximum atomic E-state index is 11.7. The summed E-state index contributed by atoms with van der Waals surface area (Å²) in [6.07, 6.45) is 2.37. The van der Waals surface area contributed by atoms with Gasteiger partial charge in [0.25, 0.3) is 5.91 Å². The van der Waals surface area contributed by atoms with E-state index in [0.717, 1.165) is 18.4 Å². The summed E-state index contributed by atoms with van der Waals surface area (Å²) in [4.78, 5) is 11.7. The van der Waals surface area contributed by atoms with Crippen LogP contribution in [0.15, 0.2) is 24.3 Å². The summed E-state index contributed by atoms with van der Waals surface area (Å²) < 4.78 is 5.52. The van der Waals surface area contributed by atoms with Gasteiger partial charge >= 0.3 is 0 Å². The lowest BCUT2D eigenvalue weighted by Gasteiger charge is -2.15. The van der Waals surface area contributed by atoms with Crippen molar-refractivity contribution in [3.05, 3.63) is 29.8 Å². The number of benzene rings is 1. The molecule has 0 heterocycles. The SMILES string of the molecule is CCC(CC)NC(=O)COc1ccccc1CCO. The molecule has 1 rings (SSSR count). The second-order valence-electron chi connectivity index (χ2n) is 4.45. The quantitative estimate of drug-likeness (QED) is 0.755. The fourth-order valence-electron chi connectivity index (χ4n) is 1.88. The van der Waals surface area contributed by atoms with Crippen LogP contribution in [0.25, 0.3) is 0 Å². The molecule has 1 amide bonds. The Morgan fingerprint density at radius 2 is 2.00 bits per heavy atom. The highest BCUT2D eigenvalue weighted by atomic mass is 16.5. The molecule has 2 N–H and O–H groups in total. The topological polar surface area (TPSA) is 58.6 Å². The van der Waals surface area contributed by atoms with E-state index >= 15 is 0 Å². The molecule has 106 valence electrons. The van der Waals surface area contributed by atoms with Crippen molar-refractivity contribution in [1.29, 1.82) is 0 Å². The van der Waals surface area contributed by atoms with E-state index in [1.807, 2.05) is 38.1 Å². The molecule has 19 heavy (non-hydrogen) atoms. The Balaban J connectivity index is 2.50. The summed E-state index contributed by atoms with van der Waals surface area (Å²) in [6.45, 7) is 4.18. The predicted octanol–water partition coefficient (Wildman–Crippen LogP) is 1.90. The largest absolute Gasteiger partial charge is 0.483 e. The van der Waals surface area contributed by atoms with Crippen molar-refractivity contribution in [2.75, 3.05) is 13.2 Å². The van der Waals surface area contributed by atoms with Crippen molar-refractivity contribution < 1.29 is 14.6 Å². The number of aliphatic hydroxyl groups excluding tert-OH is 1. The Morgan fingerprint density at radius 3 is 2.63 bits per heavy atom. The summed E-state index contributed by atoms with van der Waals surface area (Å²) in [5, 5.41) is 11.9. The van der Waals surface area contributed by atoms with Crippen LogP contribution in [-0.2, 0) is 11.2 Å². The fourth-order valence-corrected chi connectivity index (χ4v) is 1.88. The average molecular weight is 265 g/mol. The number of aliphatic hydroxyl groups is 1. The van der Waals surface area contributed by atoms with Crippen LogP contribution in [0, 0.1) is 0 Å². The minimum Gasteiger partial charge on any atom is -0.483 e. The summed E-state index contributed by atoms with van der Waals surface area (Å²) in [5.74, 6) is 0.559. The van der Waals surface area contributed by atoms with E-state index in [9.17, 15) is 4.79 Å². The second-order valence-corrected chi connectivity index (χ2v) is 4.45. The molecule has 4 heteroatoms. The first-order chi connectivity index (χ1) is 9.21. The third kappa shape index (κ3) is 5.30. The number of para-hydroxylation sites is 1. The highest BCUT2D eigenvalue weighted by Crippen LogP contribution is 2.18. The standard InChI is InChI=1S/C15H23NO3/c1-3-13(4-2)16-15(18)11-19-14-8-6-5-7-12(14)9-10-17/h5-8,13,17H,3-4,9-11H2,1-2H3,(H,16,18). The van der Waals surface area contributed by atoms with Crippen molar-refractivity contribution >= 4 is 5.91 Å². The molecular weight excluding hydrogens is 242 g/mol. The lowest BCUT2D eigenvalue weighted by molar-refractivity contribution is -0.123. The van der Waals surface area contributed by atoms with Gasteiger partial charge in [-0.3, -0.25) is 4.79 Å². The van der Waals surface area contributed by atoms with Gasteiger partial charge in [0.05, 0.1) is 0 Å². The van der Waals surface area contributed by atoms with E-state index in [-0.39, 0.29) is 25.2 Å². The Labute approximate surface area is 114 Å². The number of hydrogen-bond acceptors (Lipinski definition) is 3. The molecule has 0 fully saturated rings. The molecule has 0 atom stereocenters. The van der Waals surface area contributed by atoms with Crippen LogP contribution in [0.4, 0.5) is 0 Å². The minimum atomic E-state index is -0.104. The molecule has 1 aromatic rings. The number of rotatable bonds is 8. The maximum Gasteiger partial charge on any atom is 0.258 e. The Morgan fingerprint density at radius 1 is 1.32 bits per heavy atom. The molecule has 0 bridgehead atoms. The molecule has 0 spiro atoms. The molecule has 0 unspecified atom stereocenters. The van der Waals surface area contributed by atoms with Crippen LogP contribution in [-0.4, -0.2) is 30.3 Å². The first-order valence-electron chi connectivity index (χ1n) is 6.82. The molecule has 4 nitrogen and oxygen atoms in total. The molecule has 0 aliphatic rings. The van der Waals surface area contributed by atoms with Crippen LogP contribution < -0.4 is 10.1 Å². The maximum absolute atomic E-state index is 11.7. The van der Waals surface area contributed by atoms with Crippen LogP contribution in [0.5, 0.6) is 5.75 Å². The normalized spacial score (nSPS) is 10.5. The summed E-state index contributed by atoms with van der Waals surface area (Å²) in [7, 11) is 0. The number of nitrogens with one attached hydrogen (secondary N) is 1. The van der Waals surface area contributed by atoms with Gasteiger partial charge in [0.15, 0.2) is 6.61 Å². The van der Waals surface area contributed by atoms with Gasteiger partial charge in [-0.25, -0.2) is 0 Å². The molecule has 0 saturated carbocycles. The molecule has 0 radical (unpaired) electrons. The summed E-state index contributed by atoms with van der Waals surface area (Å²) in [5.41, 5.74) is 0.917. The third-order valence-corrected chi connectivity index (χ3v) is 3.06. The Hall–Kier alpha value is -1.55. The average Bonchev–Trinajstić information content (AvgIpc) is 2.44. The van der Waals surface area contributed by atoms with Crippen molar-refractivity contribution in [2.24, 2.45) is 0 Å². The van der Waals surface area contributed by atoms with Gasteiger partial charge in [0.2, 0.25) is 0 Å². The van der Waals surface area contributed by atoms with Gasteiger partial charge in [-0.05, 0) is 30.9 Å². The van der Waals surface area contributed by atoms with E-state index in [2.05, 4.69) is 5.32 Å². The number of hydrogen-bond donors (Lipinski definition) is 2. The lowest BCUT2D eigenvalue weighted by atomic mass is 10.1. The van der Waals surface area contributed by atoms with Crippen molar-refractivity contribution in [2.45, 2.75) is 39.2 Å². The van der Waals surface area contributed by atoms with Crippen LogP contribution in [0.3, 0.4) is 0 Å². The van der Waals surface area contributed by atoms with E-state index < -0.39 is 0 Å². The number of ether oxygens (including phenoxy) is 1. The first kappa shape index (κ1) is 15.5. The lowest BCUT2D eigenvalue weighted by Crippen LogP contribution is -2.37. The Bertz CT molecular complexity index is 389. The van der Waals surface area contributed by atoms with E-state index in [1.165, 1.54) is 0 Å². The van der Waals surface area contributed by atoms with Gasteiger partial charge in [-0.1, -0.05) is 32.0 Å². The molecule has 0 aliphatic carbocycles. The number of amides is 1. The first-order valence-corrected chi connectivity index (χ1v) is 6.82. The monoisotopic (exact) mass is 265 g/mol. The van der Waals surface area contributed by atoms with Gasteiger partial charge in [-0.2, -0.15) is 0 Å². The molecule has 0 aliphatic heterocycles. The zero-order valence-electron chi connectivity index (χ0n) is 11.7. The van der Waals surface area contributed by atoms with Gasteiger partial charge in [-0.15, -0.1) is 0 Å². The molecule has 1 aromatic carbocycles. The molecule has 0 saturated heterocycles. The van der Waals surface area contributed by atoms with E-state index in [0.29, 0.717) is 12.2 Å². The zero-order chi connectivity index (χ0) is 14.1. The van der Waals surface area contributed by atoms with Crippen molar-refractivity contribution in [1.82, 2.24) is 5.32 Å². The fraction of sp³-hybridized carbons (Fsp3) is 0.533. The summed E-state index contributed by atoms with van der Waals surface area (Å²) >= 11 is 0.